The molecule has 1 N–H and O–H groups in total. The van der Waals surface area contributed by atoms with E-state index < -0.39 is 37.5 Å². The summed E-state index contributed by atoms with van der Waals surface area (Å²) < 4.78 is 50.0. The van der Waals surface area contributed by atoms with Crippen LogP contribution < -0.4 is 0 Å². The highest BCUT2D eigenvalue weighted by Crippen LogP contribution is 2.24. The summed E-state index contributed by atoms with van der Waals surface area (Å²) in [7, 11) is -3.96. The van der Waals surface area contributed by atoms with E-state index in [1.807, 2.05) is 0 Å². The summed E-state index contributed by atoms with van der Waals surface area (Å²) in [5.41, 5.74) is -0.905. The fourth-order valence-corrected chi connectivity index (χ4v) is 3.29. The maximum atomic E-state index is 13.3. The Kier molecular flexibility index (Phi) is 3.88. The van der Waals surface area contributed by atoms with Crippen molar-refractivity contribution in [2.75, 3.05) is 12.4 Å². The van der Waals surface area contributed by atoms with E-state index in [0.717, 1.165) is 12.1 Å². The van der Waals surface area contributed by atoms with E-state index in [2.05, 4.69) is 0 Å². The van der Waals surface area contributed by atoms with Gasteiger partial charge in [0.1, 0.15) is 16.5 Å². The largest absolute Gasteiger partial charge is 0.396 e. The Morgan fingerprint density at radius 3 is 2.41 bits per heavy atom. The Labute approximate surface area is 99.0 Å². The minimum atomic E-state index is -3.96. The van der Waals surface area contributed by atoms with Gasteiger partial charge in [-0.2, -0.15) is 0 Å². The van der Waals surface area contributed by atoms with E-state index in [9.17, 15) is 17.2 Å². The zero-order valence-electron chi connectivity index (χ0n) is 9.57. The zero-order chi connectivity index (χ0) is 13.3. The predicted molar refractivity (Wildman–Crippen MR) is 59.3 cm³/mol. The van der Waals surface area contributed by atoms with Gasteiger partial charge in [-0.05, 0) is 18.2 Å². The fraction of sp³-hybridized carbons (Fsp3) is 0.455. The highest BCUT2D eigenvalue weighted by Gasteiger charge is 2.29. The fourth-order valence-electron chi connectivity index (χ4n) is 1.35. The highest BCUT2D eigenvalue weighted by atomic mass is 32.2. The summed E-state index contributed by atoms with van der Waals surface area (Å²) in [6, 6.07) is 2.28. The predicted octanol–water partition coefficient (Wildman–Crippen LogP) is 1.76. The lowest BCUT2D eigenvalue weighted by molar-refractivity contribution is 0.178. The van der Waals surface area contributed by atoms with Crippen molar-refractivity contribution in [1.82, 2.24) is 0 Å². The summed E-state index contributed by atoms with van der Waals surface area (Å²) in [5.74, 6) is -2.25. The van der Waals surface area contributed by atoms with Gasteiger partial charge in [-0.3, -0.25) is 0 Å². The molecule has 0 aromatic heterocycles. The van der Waals surface area contributed by atoms with Gasteiger partial charge in [-0.25, -0.2) is 17.2 Å². The number of benzene rings is 1. The standard InChI is InChI=1S/C11H14F2O3S/c1-11(2,6-14)7-17(15,16)10-5-8(12)3-4-9(10)13/h3-5,14H,6-7H2,1-2H3. The molecule has 0 amide bonds. The Bertz CT molecular complexity index is 509. The molecular weight excluding hydrogens is 250 g/mol. The Morgan fingerprint density at radius 1 is 1.29 bits per heavy atom. The maximum Gasteiger partial charge on any atom is 0.181 e. The molecule has 1 rings (SSSR count). The van der Waals surface area contributed by atoms with E-state index in [0.29, 0.717) is 6.07 Å². The van der Waals surface area contributed by atoms with Crippen molar-refractivity contribution in [2.45, 2.75) is 18.7 Å². The van der Waals surface area contributed by atoms with Gasteiger partial charge in [0.05, 0.1) is 5.75 Å². The molecule has 17 heavy (non-hydrogen) atoms. The lowest BCUT2D eigenvalue weighted by Crippen LogP contribution is -2.28. The van der Waals surface area contributed by atoms with Gasteiger partial charge in [-0.15, -0.1) is 0 Å². The molecule has 0 unspecified atom stereocenters. The lowest BCUT2D eigenvalue weighted by Gasteiger charge is -2.21. The smallest absolute Gasteiger partial charge is 0.181 e. The van der Waals surface area contributed by atoms with Crippen LogP contribution in [0.15, 0.2) is 23.1 Å². The van der Waals surface area contributed by atoms with Crippen LogP contribution in [-0.2, 0) is 9.84 Å². The molecular formula is C11H14F2O3S. The van der Waals surface area contributed by atoms with Crippen LogP contribution in [0.4, 0.5) is 8.78 Å². The number of halogens is 2. The third kappa shape index (κ3) is 3.47. The summed E-state index contributed by atoms with van der Waals surface area (Å²) in [4.78, 5) is -0.668. The van der Waals surface area contributed by atoms with E-state index in [4.69, 9.17) is 5.11 Å². The van der Waals surface area contributed by atoms with Gasteiger partial charge in [0.25, 0.3) is 0 Å². The molecule has 0 aliphatic rings. The minimum Gasteiger partial charge on any atom is -0.396 e. The van der Waals surface area contributed by atoms with E-state index >= 15 is 0 Å². The monoisotopic (exact) mass is 264 g/mol. The van der Waals surface area contributed by atoms with Crippen LogP contribution in [0.1, 0.15) is 13.8 Å². The van der Waals surface area contributed by atoms with E-state index in [-0.39, 0.29) is 6.61 Å². The second-order valence-corrected chi connectivity index (χ2v) is 6.61. The molecule has 3 nitrogen and oxygen atoms in total. The Morgan fingerprint density at radius 2 is 1.88 bits per heavy atom. The summed E-state index contributed by atoms with van der Waals surface area (Å²) in [6.45, 7) is 2.70. The summed E-state index contributed by atoms with van der Waals surface area (Å²) in [6.07, 6.45) is 0. The Balaban J connectivity index is 3.18. The third-order valence-electron chi connectivity index (χ3n) is 2.24. The molecule has 0 fully saturated rings. The average Bonchev–Trinajstić information content (AvgIpc) is 2.20. The van der Waals surface area contributed by atoms with Gasteiger partial charge in [0.15, 0.2) is 9.84 Å². The number of hydrogen-bond donors (Lipinski definition) is 1. The van der Waals surface area contributed by atoms with E-state index in [1.54, 1.807) is 0 Å². The van der Waals surface area contributed by atoms with Gasteiger partial charge in [-0.1, -0.05) is 13.8 Å². The molecule has 0 saturated heterocycles. The topological polar surface area (TPSA) is 54.4 Å². The van der Waals surface area contributed by atoms with Crippen LogP contribution in [0.2, 0.25) is 0 Å². The molecule has 0 heterocycles. The molecule has 1 aromatic rings. The molecule has 1 aromatic carbocycles. The lowest BCUT2D eigenvalue weighted by atomic mass is 9.98. The first-order valence-corrected chi connectivity index (χ1v) is 6.62. The van der Waals surface area contributed by atoms with Gasteiger partial charge >= 0.3 is 0 Å². The number of aliphatic hydroxyl groups is 1. The van der Waals surface area contributed by atoms with Gasteiger partial charge in [0, 0.05) is 12.0 Å². The normalized spacial score (nSPS) is 12.8. The molecule has 0 spiro atoms. The second-order valence-electron chi connectivity index (χ2n) is 4.66. The van der Waals surface area contributed by atoms with E-state index in [1.165, 1.54) is 13.8 Å². The first kappa shape index (κ1) is 14.1. The van der Waals surface area contributed by atoms with Crippen molar-refractivity contribution in [1.29, 1.82) is 0 Å². The van der Waals surface area contributed by atoms with Crippen molar-refractivity contribution in [3.63, 3.8) is 0 Å². The van der Waals surface area contributed by atoms with Crippen molar-refractivity contribution in [2.24, 2.45) is 5.41 Å². The number of sulfone groups is 1. The van der Waals surface area contributed by atoms with Crippen molar-refractivity contribution >= 4 is 9.84 Å². The summed E-state index contributed by atoms with van der Waals surface area (Å²) in [5, 5.41) is 9.00. The first-order valence-electron chi connectivity index (χ1n) is 4.97. The quantitative estimate of drug-likeness (QED) is 0.901. The van der Waals surface area contributed by atoms with Gasteiger partial charge < -0.3 is 5.11 Å². The molecule has 0 saturated carbocycles. The van der Waals surface area contributed by atoms with Gasteiger partial charge in [0.2, 0.25) is 0 Å². The SMILES string of the molecule is CC(C)(CO)CS(=O)(=O)c1cc(F)ccc1F. The molecule has 0 radical (unpaired) electrons. The summed E-state index contributed by atoms with van der Waals surface area (Å²) >= 11 is 0. The highest BCUT2D eigenvalue weighted by molar-refractivity contribution is 7.91. The minimum absolute atomic E-state index is 0.358. The molecule has 6 heteroatoms. The number of rotatable bonds is 4. The molecule has 0 atom stereocenters. The van der Waals surface area contributed by atoms with Crippen molar-refractivity contribution in [3.8, 4) is 0 Å². The van der Waals surface area contributed by atoms with Crippen LogP contribution in [0.3, 0.4) is 0 Å². The maximum absolute atomic E-state index is 13.3. The van der Waals surface area contributed by atoms with Crippen LogP contribution >= 0.6 is 0 Å². The number of aliphatic hydroxyl groups excluding tert-OH is 1. The van der Waals surface area contributed by atoms with Crippen LogP contribution in [-0.4, -0.2) is 25.9 Å². The molecule has 96 valence electrons. The number of hydrogen-bond acceptors (Lipinski definition) is 3. The van der Waals surface area contributed by atoms with Crippen molar-refractivity contribution < 1.29 is 22.3 Å². The second kappa shape index (κ2) is 4.70. The Hall–Kier alpha value is -1.01. The molecule has 0 bridgehead atoms. The first-order chi connectivity index (χ1) is 7.68. The molecule has 0 aliphatic carbocycles. The zero-order valence-corrected chi connectivity index (χ0v) is 10.4. The average molecular weight is 264 g/mol. The van der Waals surface area contributed by atoms with Crippen LogP contribution in [0, 0.1) is 17.0 Å². The molecule has 0 aliphatic heterocycles. The van der Waals surface area contributed by atoms with Crippen LogP contribution in [0.25, 0.3) is 0 Å². The third-order valence-corrected chi connectivity index (χ3v) is 4.38. The van der Waals surface area contributed by atoms with Crippen LogP contribution in [0.5, 0.6) is 0 Å². The van der Waals surface area contributed by atoms with Crippen molar-refractivity contribution in [3.05, 3.63) is 29.8 Å².